The van der Waals surface area contributed by atoms with Gasteiger partial charge in [0.15, 0.2) is 11.5 Å². The number of amides is 1. The second-order valence-electron chi connectivity index (χ2n) is 7.97. The summed E-state index contributed by atoms with van der Waals surface area (Å²) in [6.07, 6.45) is 5.17. The molecule has 0 radical (unpaired) electrons. The lowest BCUT2D eigenvalue weighted by Gasteiger charge is -2.28. The summed E-state index contributed by atoms with van der Waals surface area (Å²) < 4.78 is 7.30. The van der Waals surface area contributed by atoms with Crippen molar-refractivity contribution >= 4 is 11.6 Å². The number of benzene rings is 1. The van der Waals surface area contributed by atoms with Gasteiger partial charge in [-0.15, -0.1) is 10.2 Å². The number of hydrogen-bond donors (Lipinski definition) is 0. The quantitative estimate of drug-likeness (QED) is 0.523. The van der Waals surface area contributed by atoms with Gasteiger partial charge in [0.25, 0.3) is 5.89 Å². The number of aromatic nitrogens is 5. The molecule has 0 bridgehead atoms. The van der Waals surface area contributed by atoms with Crippen LogP contribution in [0.2, 0.25) is 0 Å². The van der Waals surface area contributed by atoms with Crippen LogP contribution in [0.15, 0.2) is 47.1 Å². The van der Waals surface area contributed by atoms with E-state index in [1.807, 2.05) is 39.8 Å². The van der Waals surface area contributed by atoms with Crippen molar-refractivity contribution in [2.24, 2.45) is 0 Å². The molecule has 0 spiro atoms. The average molecular weight is 400 g/mol. The number of hydrogen-bond acceptors (Lipinski definition) is 6. The van der Waals surface area contributed by atoms with Crippen LogP contribution in [0.1, 0.15) is 41.5 Å². The number of carbonyl (C=O) groups is 1. The zero-order valence-corrected chi connectivity index (χ0v) is 16.4. The molecule has 0 N–H and O–H groups in total. The summed E-state index contributed by atoms with van der Waals surface area (Å²) in [5.74, 6) is 2.28. The fourth-order valence-electron chi connectivity index (χ4n) is 4.06. The van der Waals surface area contributed by atoms with Crippen molar-refractivity contribution in [2.75, 3.05) is 6.54 Å². The van der Waals surface area contributed by atoms with E-state index in [9.17, 15) is 4.79 Å². The Bertz CT molecular complexity index is 1260. The van der Waals surface area contributed by atoms with Gasteiger partial charge < -0.3 is 9.42 Å². The summed E-state index contributed by atoms with van der Waals surface area (Å²) in [6.45, 7) is 1.37. The molecule has 1 aliphatic carbocycles. The largest absolute Gasteiger partial charge is 0.338 e. The van der Waals surface area contributed by atoms with Gasteiger partial charge in [-0.05, 0) is 42.5 Å². The summed E-state index contributed by atoms with van der Waals surface area (Å²) >= 11 is 0. The Balaban J connectivity index is 1.26. The predicted octanol–water partition coefficient (Wildman–Crippen LogP) is 2.78. The maximum atomic E-state index is 13.0. The highest BCUT2D eigenvalue weighted by Crippen LogP contribution is 2.39. The highest BCUT2D eigenvalue weighted by atomic mass is 16.5. The zero-order valence-electron chi connectivity index (χ0n) is 16.4. The van der Waals surface area contributed by atoms with Gasteiger partial charge >= 0.3 is 0 Å². The fourth-order valence-corrected chi connectivity index (χ4v) is 4.06. The topological polar surface area (TPSA) is 89.4 Å². The molecule has 30 heavy (non-hydrogen) atoms. The molecule has 6 rings (SSSR count). The molecule has 2 aliphatic rings. The van der Waals surface area contributed by atoms with Gasteiger partial charge in [-0.2, -0.15) is 4.98 Å². The minimum Gasteiger partial charge on any atom is -0.338 e. The highest BCUT2D eigenvalue weighted by molar-refractivity contribution is 5.79. The standard InChI is InChI=1S/C22H20N6O2/c29-19(27-11-9-14-4-1-2-5-16(14)13-27)12-18-24-25-21-17(6-3-10-28(18)21)22-23-20(26-30-22)15-7-8-15/h1-6,10,15H,7-9,11-13H2. The lowest BCUT2D eigenvalue weighted by molar-refractivity contribution is -0.131. The van der Waals surface area contributed by atoms with Crippen LogP contribution in [0.5, 0.6) is 0 Å². The summed E-state index contributed by atoms with van der Waals surface area (Å²) in [6, 6.07) is 12.1. The Hall–Kier alpha value is -3.55. The van der Waals surface area contributed by atoms with Crippen LogP contribution in [0.4, 0.5) is 0 Å². The summed E-state index contributed by atoms with van der Waals surface area (Å²) in [7, 11) is 0. The van der Waals surface area contributed by atoms with Crippen LogP contribution in [-0.4, -0.2) is 42.1 Å². The van der Waals surface area contributed by atoms with Gasteiger partial charge in [0.05, 0.1) is 12.0 Å². The lowest BCUT2D eigenvalue weighted by atomic mass is 10.00. The molecule has 1 saturated carbocycles. The molecule has 1 aromatic carbocycles. The third kappa shape index (κ3) is 2.96. The predicted molar refractivity (Wildman–Crippen MR) is 108 cm³/mol. The van der Waals surface area contributed by atoms with E-state index in [1.54, 1.807) is 0 Å². The molecular weight excluding hydrogens is 380 g/mol. The van der Waals surface area contributed by atoms with Crippen LogP contribution < -0.4 is 0 Å². The highest BCUT2D eigenvalue weighted by Gasteiger charge is 2.29. The Morgan fingerprint density at radius 1 is 1.10 bits per heavy atom. The van der Waals surface area contributed by atoms with Crippen molar-refractivity contribution in [2.45, 2.75) is 38.1 Å². The zero-order chi connectivity index (χ0) is 20.1. The number of fused-ring (bicyclic) bond motifs is 2. The molecule has 4 aromatic rings. The van der Waals surface area contributed by atoms with E-state index in [1.165, 1.54) is 11.1 Å². The minimum atomic E-state index is 0.0537. The molecule has 1 aliphatic heterocycles. The Morgan fingerprint density at radius 2 is 1.97 bits per heavy atom. The van der Waals surface area contributed by atoms with E-state index >= 15 is 0 Å². The van der Waals surface area contributed by atoms with Crippen molar-refractivity contribution in [3.63, 3.8) is 0 Å². The van der Waals surface area contributed by atoms with Gasteiger partial charge in [0, 0.05) is 25.2 Å². The second-order valence-corrected chi connectivity index (χ2v) is 7.97. The van der Waals surface area contributed by atoms with E-state index in [2.05, 4.69) is 32.5 Å². The van der Waals surface area contributed by atoms with E-state index in [-0.39, 0.29) is 12.3 Å². The lowest BCUT2D eigenvalue weighted by Crippen LogP contribution is -2.37. The first-order valence-electron chi connectivity index (χ1n) is 10.3. The van der Waals surface area contributed by atoms with Gasteiger partial charge in [-0.25, -0.2) is 0 Å². The summed E-state index contributed by atoms with van der Waals surface area (Å²) in [5.41, 5.74) is 3.89. The molecule has 0 atom stereocenters. The molecule has 150 valence electrons. The normalized spacial score (nSPS) is 16.1. The Labute approximate surface area is 172 Å². The first-order valence-corrected chi connectivity index (χ1v) is 10.3. The van der Waals surface area contributed by atoms with E-state index < -0.39 is 0 Å². The Kier molecular flexibility index (Phi) is 3.90. The van der Waals surface area contributed by atoms with Crippen LogP contribution in [0, 0.1) is 0 Å². The Morgan fingerprint density at radius 3 is 2.83 bits per heavy atom. The molecule has 8 nitrogen and oxygen atoms in total. The molecule has 1 fully saturated rings. The van der Waals surface area contributed by atoms with Gasteiger partial charge in [-0.1, -0.05) is 29.4 Å². The van der Waals surface area contributed by atoms with E-state index in [0.29, 0.717) is 29.8 Å². The molecule has 0 unspecified atom stereocenters. The monoisotopic (exact) mass is 400 g/mol. The van der Waals surface area contributed by atoms with Crippen LogP contribution in [0.25, 0.3) is 17.1 Å². The molecule has 0 saturated heterocycles. The third-order valence-corrected chi connectivity index (χ3v) is 5.91. The molecule has 1 amide bonds. The van der Waals surface area contributed by atoms with E-state index in [0.717, 1.165) is 37.2 Å². The third-order valence-electron chi connectivity index (χ3n) is 5.91. The molecule has 8 heteroatoms. The van der Waals surface area contributed by atoms with Crippen molar-refractivity contribution < 1.29 is 9.32 Å². The first kappa shape index (κ1) is 17.3. The SMILES string of the molecule is O=C(Cc1nnc2c(-c3nc(C4CC4)no3)cccn12)N1CCc2ccccc2C1. The van der Waals surface area contributed by atoms with Crippen molar-refractivity contribution in [1.82, 2.24) is 29.6 Å². The molecule has 4 heterocycles. The van der Waals surface area contributed by atoms with E-state index in [4.69, 9.17) is 4.52 Å². The van der Waals surface area contributed by atoms with Gasteiger partial charge in [0.1, 0.15) is 5.82 Å². The molecule has 3 aromatic heterocycles. The smallest absolute Gasteiger partial charge is 0.261 e. The summed E-state index contributed by atoms with van der Waals surface area (Å²) in [5, 5.41) is 12.7. The van der Waals surface area contributed by atoms with Crippen molar-refractivity contribution in [1.29, 1.82) is 0 Å². The van der Waals surface area contributed by atoms with Gasteiger partial charge in [-0.3, -0.25) is 9.20 Å². The maximum absolute atomic E-state index is 13.0. The number of nitrogens with zero attached hydrogens (tertiary/aromatic N) is 6. The number of pyridine rings is 1. The second kappa shape index (κ2) is 6.76. The summed E-state index contributed by atoms with van der Waals surface area (Å²) in [4.78, 5) is 19.4. The van der Waals surface area contributed by atoms with Gasteiger partial charge in [0.2, 0.25) is 5.91 Å². The first-order chi connectivity index (χ1) is 14.8. The van der Waals surface area contributed by atoms with Crippen LogP contribution >= 0.6 is 0 Å². The van der Waals surface area contributed by atoms with Crippen LogP contribution in [0.3, 0.4) is 0 Å². The average Bonchev–Trinajstić information content (AvgIpc) is 3.38. The number of carbonyl (C=O) groups excluding carboxylic acids is 1. The van der Waals surface area contributed by atoms with Crippen molar-refractivity contribution in [3.05, 3.63) is 65.4 Å². The number of rotatable bonds is 4. The van der Waals surface area contributed by atoms with Crippen molar-refractivity contribution in [3.8, 4) is 11.5 Å². The fraction of sp³-hybridized carbons (Fsp3) is 0.318. The molecular formula is C22H20N6O2. The minimum absolute atomic E-state index is 0.0537. The maximum Gasteiger partial charge on any atom is 0.261 e. The van der Waals surface area contributed by atoms with Crippen LogP contribution in [-0.2, 0) is 24.2 Å².